The van der Waals surface area contributed by atoms with Gasteiger partial charge in [0.1, 0.15) is 5.75 Å². The van der Waals surface area contributed by atoms with Crippen LogP contribution in [0.4, 0.5) is 0 Å². The van der Waals surface area contributed by atoms with Crippen molar-refractivity contribution in [2.45, 2.75) is 51.0 Å². The lowest BCUT2D eigenvalue weighted by Gasteiger charge is -2.22. The lowest BCUT2D eigenvalue weighted by molar-refractivity contribution is 0.402. The molecular formula is C16H22ClNO. The van der Waals surface area contributed by atoms with Crippen LogP contribution in [-0.4, -0.2) is 13.7 Å². The van der Waals surface area contributed by atoms with Crippen molar-refractivity contribution in [1.29, 1.82) is 0 Å². The van der Waals surface area contributed by atoms with Crippen LogP contribution in [0.5, 0.6) is 5.75 Å². The first-order valence-corrected chi connectivity index (χ1v) is 7.80. The van der Waals surface area contributed by atoms with Gasteiger partial charge >= 0.3 is 0 Å². The van der Waals surface area contributed by atoms with Crippen molar-refractivity contribution >= 4 is 11.6 Å². The van der Waals surface area contributed by atoms with Crippen LogP contribution >= 0.6 is 11.6 Å². The number of hydrogen-bond acceptors (Lipinski definition) is 2. The standard InChI is InChI=1S/C16H22ClNO/c1-19-16-13(17)10-11-6-3-2-4-7-12(11)15(16)14-8-5-9-18-14/h10,14,18H,2-9H2,1H3. The average Bonchev–Trinajstić information content (AvgIpc) is 2.83. The Morgan fingerprint density at radius 2 is 2.05 bits per heavy atom. The van der Waals surface area contributed by atoms with Gasteiger partial charge in [-0.05, 0) is 62.3 Å². The van der Waals surface area contributed by atoms with Crippen molar-refractivity contribution in [3.8, 4) is 5.75 Å². The van der Waals surface area contributed by atoms with Crippen molar-refractivity contribution in [1.82, 2.24) is 5.32 Å². The first-order chi connectivity index (χ1) is 9.31. The Kier molecular flexibility index (Phi) is 3.99. The molecule has 1 unspecified atom stereocenters. The molecule has 0 saturated carbocycles. The molecule has 2 aliphatic rings. The molecule has 1 heterocycles. The quantitative estimate of drug-likeness (QED) is 0.825. The molecule has 1 aromatic rings. The minimum atomic E-state index is 0.431. The number of methoxy groups -OCH3 is 1. The van der Waals surface area contributed by atoms with Gasteiger partial charge < -0.3 is 10.1 Å². The molecule has 2 nitrogen and oxygen atoms in total. The molecule has 1 N–H and O–H groups in total. The highest BCUT2D eigenvalue weighted by molar-refractivity contribution is 6.32. The fraction of sp³-hybridized carbons (Fsp3) is 0.625. The van der Waals surface area contributed by atoms with E-state index >= 15 is 0 Å². The van der Waals surface area contributed by atoms with E-state index in [1.54, 1.807) is 7.11 Å². The lowest BCUT2D eigenvalue weighted by Crippen LogP contribution is -2.17. The summed E-state index contributed by atoms with van der Waals surface area (Å²) in [5.74, 6) is 0.904. The molecule has 104 valence electrons. The van der Waals surface area contributed by atoms with Gasteiger partial charge in [0.2, 0.25) is 0 Å². The van der Waals surface area contributed by atoms with Gasteiger partial charge in [0, 0.05) is 11.6 Å². The van der Waals surface area contributed by atoms with Crippen LogP contribution in [0.25, 0.3) is 0 Å². The number of halogens is 1. The molecule has 0 aromatic heterocycles. The largest absolute Gasteiger partial charge is 0.495 e. The van der Waals surface area contributed by atoms with Gasteiger partial charge in [-0.25, -0.2) is 0 Å². The van der Waals surface area contributed by atoms with E-state index in [2.05, 4.69) is 11.4 Å². The fourth-order valence-corrected chi connectivity index (χ4v) is 3.87. The smallest absolute Gasteiger partial charge is 0.142 e. The molecule has 1 fully saturated rings. The predicted molar refractivity (Wildman–Crippen MR) is 79.2 cm³/mol. The van der Waals surface area contributed by atoms with Crippen LogP contribution in [0, 0.1) is 0 Å². The van der Waals surface area contributed by atoms with Gasteiger partial charge in [-0.15, -0.1) is 0 Å². The lowest BCUT2D eigenvalue weighted by atomic mass is 9.91. The summed E-state index contributed by atoms with van der Waals surface area (Å²) in [5.41, 5.74) is 4.31. The summed E-state index contributed by atoms with van der Waals surface area (Å²) in [6.45, 7) is 1.11. The molecular weight excluding hydrogens is 258 g/mol. The summed E-state index contributed by atoms with van der Waals surface area (Å²) in [7, 11) is 1.74. The number of nitrogens with one attached hydrogen (secondary N) is 1. The van der Waals surface area contributed by atoms with Gasteiger partial charge in [-0.1, -0.05) is 18.0 Å². The molecule has 3 heteroatoms. The van der Waals surface area contributed by atoms with E-state index in [-0.39, 0.29) is 0 Å². The maximum atomic E-state index is 6.45. The van der Waals surface area contributed by atoms with Crippen molar-refractivity contribution in [3.05, 3.63) is 27.8 Å². The third-order valence-corrected chi connectivity index (χ3v) is 4.74. The van der Waals surface area contributed by atoms with Crippen LogP contribution in [-0.2, 0) is 12.8 Å². The highest BCUT2D eigenvalue weighted by Crippen LogP contribution is 2.42. The number of ether oxygens (including phenoxy) is 1. The van der Waals surface area contributed by atoms with E-state index in [1.807, 2.05) is 0 Å². The van der Waals surface area contributed by atoms with Gasteiger partial charge in [-0.3, -0.25) is 0 Å². The van der Waals surface area contributed by atoms with Crippen LogP contribution in [0.15, 0.2) is 6.07 Å². The maximum Gasteiger partial charge on any atom is 0.142 e. The number of hydrogen-bond donors (Lipinski definition) is 1. The number of fused-ring (bicyclic) bond motifs is 1. The van der Waals surface area contributed by atoms with Crippen LogP contribution in [0.2, 0.25) is 5.02 Å². The second-order valence-electron chi connectivity index (χ2n) is 5.65. The highest BCUT2D eigenvalue weighted by atomic mass is 35.5. The molecule has 3 rings (SSSR count). The summed E-state index contributed by atoms with van der Waals surface area (Å²) < 4.78 is 5.62. The molecule has 1 aliphatic heterocycles. The molecule has 1 atom stereocenters. The molecule has 19 heavy (non-hydrogen) atoms. The summed E-state index contributed by atoms with van der Waals surface area (Å²) in [6, 6.07) is 2.57. The van der Waals surface area contributed by atoms with Gasteiger partial charge in [0.05, 0.1) is 12.1 Å². The summed E-state index contributed by atoms with van der Waals surface area (Å²) in [6.07, 6.45) is 8.68. The van der Waals surface area contributed by atoms with E-state index in [4.69, 9.17) is 16.3 Å². The van der Waals surface area contributed by atoms with Crippen LogP contribution in [0.1, 0.15) is 54.8 Å². The second kappa shape index (κ2) is 5.72. The molecule has 1 saturated heterocycles. The average molecular weight is 280 g/mol. The van der Waals surface area contributed by atoms with Gasteiger partial charge in [0.15, 0.2) is 0 Å². The van der Waals surface area contributed by atoms with Crippen molar-refractivity contribution < 1.29 is 4.74 Å². The Morgan fingerprint density at radius 1 is 1.21 bits per heavy atom. The van der Waals surface area contributed by atoms with E-state index in [9.17, 15) is 0 Å². The monoisotopic (exact) mass is 279 g/mol. The SMILES string of the molecule is COc1c(Cl)cc2c(c1C1CCCN1)CCCCC2. The first-order valence-electron chi connectivity index (χ1n) is 7.42. The zero-order valence-corrected chi connectivity index (χ0v) is 12.4. The van der Waals surface area contributed by atoms with E-state index < -0.39 is 0 Å². The van der Waals surface area contributed by atoms with Crippen LogP contribution in [0.3, 0.4) is 0 Å². The maximum absolute atomic E-state index is 6.45. The zero-order chi connectivity index (χ0) is 13.2. The van der Waals surface area contributed by atoms with Crippen molar-refractivity contribution in [3.63, 3.8) is 0 Å². The summed E-state index contributed by atoms with van der Waals surface area (Å²) >= 11 is 6.45. The molecule has 0 amide bonds. The fourth-order valence-electron chi connectivity index (χ4n) is 3.56. The molecule has 1 aromatic carbocycles. The number of benzene rings is 1. The van der Waals surface area contributed by atoms with Gasteiger partial charge in [-0.2, -0.15) is 0 Å². The minimum absolute atomic E-state index is 0.431. The topological polar surface area (TPSA) is 21.3 Å². The van der Waals surface area contributed by atoms with E-state index in [0.29, 0.717) is 6.04 Å². The first kappa shape index (κ1) is 13.3. The van der Waals surface area contributed by atoms with Crippen molar-refractivity contribution in [2.75, 3.05) is 13.7 Å². The van der Waals surface area contributed by atoms with Crippen LogP contribution < -0.4 is 10.1 Å². The second-order valence-corrected chi connectivity index (χ2v) is 6.06. The predicted octanol–water partition coefficient (Wildman–Crippen LogP) is 4.04. The third kappa shape index (κ3) is 2.48. The minimum Gasteiger partial charge on any atom is -0.495 e. The molecule has 0 bridgehead atoms. The Balaban J connectivity index is 2.13. The Bertz CT molecular complexity index is 466. The number of aryl methyl sites for hydroxylation is 1. The normalized spacial score (nSPS) is 22.9. The third-order valence-electron chi connectivity index (χ3n) is 4.46. The summed E-state index contributed by atoms with van der Waals surface area (Å²) in [4.78, 5) is 0. The highest BCUT2D eigenvalue weighted by Gasteiger charge is 2.27. The Labute approximate surface area is 120 Å². The Hall–Kier alpha value is -0.730. The molecule has 1 aliphatic carbocycles. The summed E-state index contributed by atoms with van der Waals surface area (Å²) in [5, 5.41) is 4.39. The zero-order valence-electron chi connectivity index (χ0n) is 11.6. The van der Waals surface area contributed by atoms with E-state index in [1.165, 1.54) is 61.6 Å². The van der Waals surface area contributed by atoms with Crippen molar-refractivity contribution in [2.24, 2.45) is 0 Å². The molecule has 0 radical (unpaired) electrons. The Morgan fingerprint density at radius 3 is 2.79 bits per heavy atom. The number of rotatable bonds is 2. The van der Waals surface area contributed by atoms with Gasteiger partial charge in [0.25, 0.3) is 0 Å². The van der Waals surface area contributed by atoms with E-state index in [0.717, 1.165) is 17.3 Å². The molecule has 0 spiro atoms.